The molecule has 11 heteroatoms. The van der Waals surface area contributed by atoms with Crippen molar-refractivity contribution >= 4 is 23.4 Å². The minimum Gasteiger partial charge on any atom is -0.547 e. The zero-order valence-electron chi connectivity index (χ0n) is 20.0. The monoisotopic (exact) mass is 512 g/mol. The van der Waals surface area contributed by atoms with E-state index in [1.165, 1.54) is 16.0 Å². The molecule has 9 nitrogen and oxygen atoms in total. The van der Waals surface area contributed by atoms with Crippen molar-refractivity contribution in [3.05, 3.63) is 53.6 Å². The normalized spacial score (nSPS) is 27.3. The van der Waals surface area contributed by atoms with E-state index in [9.17, 15) is 25.2 Å². The summed E-state index contributed by atoms with van der Waals surface area (Å²) in [4.78, 5) is 21.4. The third kappa shape index (κ3) is 6.58. The molecule has 0 amide bonds. The average Bonchev–Trinajstić information content (AvgIpc) is 2.82. The van der Waals surface area contributed by atoms with Gasteiger partial charge < -0.3 is 34.9 Å². The Morgan fingerprint density at radius 1 is 1.00 bits per heavy atom. The minimum absolute atomic E-state index is 0. The summed E-state index contributed by atoms with van der Waals surface area (Å²) in [5.74, 6) is -1.69. The van der Waals surface area contributed by atoms with Crippen molar-refractivity contribution in [2.75, 3.05) is 31.1 Å². The summed E-state index contributed by atoms with van der Waals surface area (Å²) < 4.78 is 5.16. The van der Waals surface area contributed by atoms with E-state index < -0.39 is 36.7 Å². The second-order valence-corrected chi connectivity index (χ2v) is 9.66. The molecule has 5 atom stereocenters. The number of carbonyl (C=O) groups excluding carboxylic acids is 1. The molecule has 0 aliphatic carbocycles. The molecular weight excluding hydrogens is 483 g/mol. The molecule has 184 valence electrons. The van der Waals surface area contributed by atoms with Crippen molar-refractivity contribution in [3.63, 3.8) is 0 Å². The number of aliphatic carboxylic acids is 1. The molecule has 2 fully saturated rings. The third-order valence-electron chi connectivity index (χ3n) is 6.05. The van der Waals surface area contributed by atoms with Crippen molar-refractivity contribution in [2.24, 2.45) is 0 Å². The van der Waals surface area contributed by atoms with Crippen LogP contribution in [0.15, 0.2) is 52.3 Å². The van der Waals surface area contributed by atoms with Gasteiger partial charge in [-0.2, -0.15) is 5.06 Å². The number of carboxylic acids is 1. The van der Waals surface area contributed by atoms with Gasteiger partial charge in [0.05, 0.1) is 11.7 Å². The number of aliphatic hydroxyl groups is 3. The van der Waals surface area contributed by atoms with Gasteiger partial charge >= 0.3 is 29.6 Å². The number of aryl methyl sites for hydroxylation is 2. The first-order valence-electron chi connectivity index (χ1n) is 11.2. The molecule has 0 saturated carbocycles. The summed E-state index contributed by atoms with van der Waals surface area (Å²) in [6.07, 6.45) is -8.35. The number of hydroxylamine groups is 2. The maximum Gasteiger partial charge on any atom is 1.00 e. The fourth-order valence-corrected chi connectivity index (χ4v) is 5.19. The van der Waals surface area contributed by atoms with Crippen molar-refractivity contribution in [1.82, 2.24) is 5.06 Å². The topological polar surface area (TPSA) is 126 Å². The Bertz CT molecular complexity index is 1020. The van der Waals surface area contributed by atoms with E-state index in [-0.39, 0.29) is 29.6 Å². The van der Waals surface area contributed by atoms with E-state index >= 15 is 0 Å². The van der Waals surface area contributed by atoms with E-state index in [0.717, 1.165) is 10.6 Å². The number of para-hydroxylation sites is 1. The Labute approximate surface area is 230 Å². The number of carbonyl (C=O) groups is 1. The van der Waals surface area contributed by atoms with Crippen LogP contribution in [0.5, 0.6) is 0 Å². The smallest absolute Gasteiger partial charge is 0.547 e. The molecule has 0 aromatic heterocycles. The van der Waals surface area contributed by atoms with Crippen LogP contribution >= 0.6 is 11.8 Å². The molecule has 0 radical (unpaired) electrons. The largest absolute Gasteiger partial charge is 1.00 e. The predicted octanol–water partition coefficient (Wildman–Crippen LogP) is -2.93. The SMILES string of the molecule is Cc1ccc(Sc2ccccc2N2CCN(O[C@@H]3O[C@H](C(=O)[O-])[C@@H](O)C(O)C3O)CC2)c(C)c1.[Na+]. The van der Waals surface area contributed by atoms with E-state index in [2.05, 4.69) is 49.1 Å². The van der Waals surface area contributed by atoms with Gasteiger partial charge in [0.15, 0.2) is 0 Å². The van der Waals surface area contributed by atoms with Crippen molar-refractivity contribution < 1.29 is 64.4 Å². The Kier molecular flexibility index (Phi) is 10.0. The Morgan fingerprint density at radius 2 is 1.69 bits per heavy atom. The van der Waals surface area contributed by atoms with Crippen LogP contribution in [-0.4, -0.2) is 83.2 Å². The molecule has 3 N–H and O–H groups in total. The molecular formula is C24H29N2NaO7S. The first kappa shape index (κ1) is 28.4. The number of rotatable bonds is 6. The van der Waals surface area contributed by atoms with Gasteiger partial charge in [0, 0.05) is 36.0 Å². The van der Waals surface area contributed by atoms with Crippen molar-refractivity contribution in [2.45, 2.75) is 54.3 Å². The molecule has 2 saturated heterocycles. The number of benzene rings is 2. The number of ether oxygens (including phenoxy) is 1. The van der Waals surface area contributed by atoms with Crippen LogP contribution in [0.1, 0.15) is 11.1 Å². The number of anilines is 1. The molecule has 0 bridgehead atoms. The first-order chi connectivity index (χ1) is 16.2. The Morgan fingerprint density at radius 3 is 2.34 bits per heavy atom. The molecule has 4 rings (SSSR count). The summed E-state index contributed by atoms with van der Waals surface area (Å²) in [7, 11) is 0. The fraction of sp³-hybridized carbons (Fsp3) is 0.458. The van der Waals surface area contributed by atoms with Gasteiger partial charge in [0.2, 0.25) is 6.29 Å². The molecule has 2 heterocycles. The number of aliphatic hydroxyl groups excluding tert-OH is 3. The molecule has 2 aromatic rings. The van der Waals surface area contributed by atoms with Gasteiger partial charge in [-0.3, -0.25) is 4.84 Å². The summed E-state index contributed by atoms with van der Waals surface area (Å²) in [6.45, 7) is 6.37. The van der Waals surface area contributed by atoms with Gasteiger partial charge in [-0.25, -0.2) is 0 Å². The molecule has 35 heavy (non-hydrogen) atoms. The number of nitrogens with zero attached hydrogens (tertiary/aromatic N) is 2. The summed E-state index contributed by atoms with van der Waals surface area (Å²) >= 11 is 1.72. The fourth-order valence-electron chi connectivity index (χ4n) is 4.15. The standard InChI is InChI=1S/C24H30N2O7S.Na/c1-14-7-8-17(15(2)13-14)34-18-6-4-3-5-16(18)25-9-11-26(12-10-25)33-24-21(29)19(27)20(28)22(32-24)23(30)31;/h3-8,13,19-22,24,27-29H,9-12H2,1-2H3,(H,30,31);/q;+1/p-1/t19?,20-,21?,22-,24-;/m0./s1. The Balaban J connectivity index is 0.00000342. The van der Waals surface area contributed by atoms with E-state index in [1.54, 1.807) is 16.8 Å². The van der Waals surface area contributed by atoms with Crippen molar-refractivity contribution in [3.8, 4) is 0 Å². The number of piperazine rings is 1. The average molecular weight is 513 g/mol. The van der Waals surface area contributed by atoms with Crippen LogP contribution in [0.4, 0.5) is 5.69 Å². The van der Waals surface area contributed by atoms with Crippen molar-refractivity contribution in [1.29, 1.82) is 0 Å². The van der Waals surface area contributed by atoms with Gasteiger partial charge in [0.1, 0.15) is 24.4 Å². The van der Waals surface area contributed by atoms with Gasteiger partial charge in [0.25, 0.3) is 0 Å². The van der Waals surface area contributed by atoms with Gasteiger partial charge in [-0.1, -0.05) is 41.6 Å². The second kappa shape index (κ2) is 12.4. The second-order valence-electron chi connectivity index (χ2n) is 8.58. The van der Waals surface area contributed by atoms with Gasteiger partial charge in [-0.05, 0) is 37.6 Å². The van der Waals surface area contributed by atoms with Crippen LogP contribution in [0.3, 0.4) is 0 Å². The zero-order chi connectivity index (χ0) is 24.4. The van der Waals surface area contributed by atoms with E-state index in [0.29, 0.717) is 26.2 Å². The van der Waals surface area contributed by atoms with Crippen LogP contribution in [0.2, 0.25) is 0 Å². The molecule has 2 aromatic carbocycles. The summed E-state index contributed by atoms with van der Waals surface area (Å²) in [5, 5.41) is 42.7. The summed E-state index contributed by atoms with van der Waals surface area (Å²) in [6, 6.07) is 14.6. The molecule has 2 aliphatic heterocycles. The van der Waals surface area contributed by atoms with Crippen LogP contribution in [0, 0.1) is 13.8 Å². The number of hydrogen-bond donors (Lipinski definition) is 3. The molecule has 2 unspecified atom stereocenters. The zero-order valence-corrected chi connectivity index (χ0v) is 22.9. The van der Waals surface area contributed by atoms with Crippen LogP contribution < -0.4 is 39.6 Å². The van der Waals surface area contributed by atoms with Gasteiger partial charge in [-0.15, -0.1) is 0 Å². The molecule has 2 aliphatic rings. The Hall–Kier alpha value is -1.18. The molecule has 0 spiro atoms. The maximum absolute atomic E-state index is 11.2. The van der Waals surface area contributed by atoms with Crippen LogP contribution in [-0.2, 0) is 14.4 Å². The number of carboxylic acid groups (broad SMARTS) is 1. The quantitative estimate of drug-likeness (QED) is 0.347. The minimum atomic E-state index is -1.80. The number of hydrogen-bond acceptors (Lipinski definition) is 10. The van der Waals surface area contributed by atoms with E-state index in [1.807, 2.05) is 12.1 Å². The maximum atomic E-state index is 11.2. The van der Waals surface area contributed by atoms with Crippen LogP contribution in [0.25, 0.3) is 0 Å². The van der Waals surface area contributed by atoms with E-state index in [4.69, 9.17) is 9.57 Å². The summed E-state index contributed by atoms with van der Waals surface area (Å²) in [5.41, 5.74) is 3.56. The first-order valence-corrected chi connectivity index (χ1v) is 12.0. The predicted molar refractivity (Wildman–Crippen MR) is 123 cm³/mol. The third-order valence-corrected chi connectivity index (χ3v) is 7.29.